The van der Waals surface area contributed by atoms with E-state index >= 15 is 0 Å². The van der Waals surface area contributed by atoms with E-state index < -0.39 is 0 Å². The largest absolute Gasteiger partial charge is 0.505 e. The van der Waals surface area contributed by atoms with E-state index in [0.717, 1.165) is 0 Å². The third kappa shape index (κ3) is 1.55. The maximum Gasteiger partial charge on any atom is 0.152 e. The van der Waals surface area contributed by atoms with E-state index in [1.807, 2.05) is 0 Å². The second-order valence-electron chi connectivity index (χ2n) is 1.85. The summed E-state index contributed by atoms with van der Waals surface area (Å²) in [5, 5.41) is 8.77. The van der Waals surface area contributed by atoms with Crippen LogP contribution >= 0.6 is 0 Å². The number of hydrogen-bond donors (Lipinski definition) is 1. The number of nitrogens with zero attached hydrogens (tertiary/aromatic N) is 2. The average Bonchev–Trinajstić information content (AvgIpc) is 1.95. The molecule has 0 fully saturated rings. The van der Waals surface area contributed by atoms with Gasteiger partial charge in [-0.25, -0.2) is 9.97 Å². The molecule has 1 N–H and O–H groups in total. The van der Waals surface area contributed by atoms with E-state index in [9.17, 15) is 0 Å². The summed E-state index contributed by atoms with van der Waals surface area (Å²) in [5.74, 6) is 0.764. The molecule has 3 nitrogen and oxygen atoms in total. The van der Waals surface area contributed by atoms with Crippen LogP contribution in [0.4, 0.5) is 0 Å². The fourth-order valence-corrected chi connectivity index (χ4v) is 0.582. The van der Waals surface area contributed by atoms with Gasteiger partial charge in [-0.2, -0.15) is 0 Å². The molecule has 10 heavy (non-hydrogen) atoms. The zero-order chi connectivity index (χ0) is 7.40. The van der Waals surface area contributed by atoms with Crippen LogP contribution in [0, 0.1) is 0 Å². The lowest BCUT2D eigenvalue weighted by atomic mass is 10.4. The number of allylic oxidation sites excluding steroid dienone is 1. The summed E-state index contributed by atoms with van der Waals surface area (Å²) < 4.78 is 0. The minimum Gasteiger partial charge on any atom is -0.505 e. The first-order valence-corrected chi connectivity index (χ1v) is 2.93. The van der Waals surface area contributed by atoms with Gasteiger partial charge in [0.1, 0.15) is 5.82 Å². The molecule has 0 aliphatic heterocycles. The number of rotatable bonds is 2. The van der Waals surface area contributed by atoms with Crippen LogP contribution < -0.4 is 0 Å². The van der Waals surface area contributed by atoms with Gasteiger partial charge in [0.15, 0.2) is 5.75 Å². The predicted octanol–water partition coefficient (Wildman–Crippen LogP) is 0.911. The molecular formula is C7H8N2O. The Morgan fingerprint density at radius 3 is 2.60 bits per heavy atom. The molecule has 1 aromatic heterocycles. The van der Waals surface area contributed by atoms with Crippen molar-refractivity contribution in [3.05, 3.63) is 30.9 Å². The van der Waals surface area contributed by atoms with E-state index in [0.29, 0.717) is 12.2 Å². The van der Waals surface area contributed by atoms with Crippen molar-refractivity contribution in [2.24, 2.45) is 0 Å². The molecule has 0 unspecified atom stereocenters. The van der Waals surface area contributed by atoms with Gasteiger partial charge in [-0.15, -0.1) is 6.58 Å². The fraction of sp³-hybridized carbons (Fsp3) is 0.143. The molecule has 0 spiro atoms. The maximum atomic E-state index is 8.77. The second kappa shape index (κ2) is 2.96. The van der Waals surface area contributed by atoms with Gasteiger partial charge in [-0.05, 0) is 0 Å². The molecular weight excluding hydrogens is 128 g/mol. The predicted molar refractivity (Wildman–Crippen MR) is 37.6 cm³/mol. The molecule has 1 heterocycles. The third-order valence-corrected chi connectivity index (χ3v) is 1.02. The monoisotopic (exact) mass is 136 g/mol. The Hall–Kier alpha value is -1.38. The first-order valence-electron chi connectivity index (χ1n) is 2.93. The molecule has 0 aliphatic rings. The Labute approximate surface area is 59.1 Å². The van der Waals surface area contributed by atoms with Crippen LogP contribution in [-0.2, 0) is 6.42 Å². The molecule has 0 bridgehead atoms. The SMILES string of the molecule is C=CCc1ncc(O)cn1. The Bertz CT molecular complexity index is 218. The highest BCUT2D eigenvalue weighted by Crippen LogP contribution is 2.01. The van der Waals surface area contributed by atoms with Gasteiger partial charge in [-0.1, -0.05) is 6.08 Å². The molecule has 0 radical (unpaired) electrons. The molecule has 0 saturated carbocycles. The summed E-state index contributed by atoms with van der Waals surface area (Å²) >= 11 is 0. The smallest absolute Gasteiger partial charge is 0.152 e. The quantitative estimate of drug-likeness (QED) is 0.614. The summed E-state index contributed by atoms with van der Waals surface area (Å²) in [4.78, 5) is 7.67. The Morgan fingerprint density at radius 2 is 2.10 bits per heavy atom. The number of aromatic hydroxyl groups is 1. The summed E-state index contributed by atoms with van der Waals surface area (Å²) in [6.45, 7) is 3.54. The van der Waals surface area contributed by atoms with Gasteiger partial charge < -0.3 is 5.11 Å². The maximum absolute atomic E-state index is 8.77. The first kappa shape index (κ1) is 6.74. The first-order chi connectivity index (χ1) is 4.83. The van der Waals surface area contributed by atoms with Crippen molar-refractivity contribution in [3.8, 4) is 5.75 Å². The second-order valence-corrected chi connectivity index (χ2v) is 1.85. The molecule has 0 saturated heterocycles. The van der Waals surface area contributed by atoms with Crippen molar-refractivity contribution >= 4 is 0 Å². The third-order valence-electron chi connectivity index (χ3n) is 1.02. The van der Waals surface area contributed by atoms with Crippen LogP contribution in [0.5, 0.6) is 5.75 Å². The van der Waals surface area contributed by atoms with Crippen LogP contribution in [0.15, 0.2) is 25.0 Å². The van der Waals surface area contributed by atoms with Gasteiger partial charge in [0.05, 0.1) is 12.4 Å². The van der Waals surface area contributed by atoms with Gasteiger partial charge in [0, 0.05) is 6.42 Å². The molecule has 0 aromatic carbocycles. The topological polar surface area (TPSA) is 46.0 Å². The minimum absolute atomic E-state index is 0.0906. The highest BCUT2D eigenvalue weighted by molar-refractivity contribution is 5.10. The molecule has 0 aliphatic carbocycles. The van der Waals surface area contributed by atoms with Crippen LogP contribution in [0.1, 0.15) is 5.82 Å². The minimum atomic E-state index is 0.0906. The standard InChI is InChI=1S/C7H8N2O/c1-2-3-7-8-4-6(10)5-9-7/h2,4-5,10H,1,3H2. The lowest BCUT2D eigenvalue weighted by Crippen LogP contribution is -1.89. The van der Waals surface area contributed by atoms with Gasteiger partial charge >= 0.3 is 0 Å². The Morgan fingerprint density at radius 1 is 1.50 bits per heavy atom. The molecule has 0 amide bonds. The van der Waals surface area contributed by atoms with E-state index in [2.05, 4.69) is 16.5 Å². The number of aromatic nitrogens is 2. The zero-order valence-corrected chi connectivity index (χ0v) is 5.49. The normalized spacial score (nSPS) is 9.20. The molecule has 1 rings (SSSR count). The lowest BCUT2D eigenvalue weighted by Gasteiger charge is -1.92. The van der Waals surface area contributed by atoms with Crippen LogP contribution in [0.2, 0.25) is 0 Å². The van der Waals surface area contributed by atoms with Crippen molar-refractivity contribution in [1.29, 1.82) is 0 Å². The van der Waals surface area contributed by atoms with Crippen LogP contribution in [-0.4, -0.2) is 15.1 Å². The van der Waals surface area contributed by atoms with E-state index in [4.69, 9.17) is 5.11 Å². The van der Waals surface area contributed by atoms with E-state index in [-0.39, 0.29) is 5.75 Å². The fourth-order valence-electron chi connectivity index (χ4n) is 0.582. The van der Waals surface area contributed by atoms with E-state index in [1.54, 1.807) is 6.08 Å². The summed E-state index contributed by atoms with van der Waals surface area (Å²) in [6.07, 6.45) is 5.09. The van der Waals surface area contributed by atoms with Crippen molar-refractivity contribution < 1.29 is 5.11 Å². The Kier molecular flexibility index (Phi) is 1.99. The zero-order valence-electron chi connectivity index (χ0n) is 5.49. The molecule has 0 atom stereocenters. The molecule has 1 aromatic rings. The summed E-state index contributed by atoms with van der Waals surface area (Å²) in [7, 11) is 0. The van der Waals surface area contributed by atoms with Crippen molar-refractivity contribution in [3.63, 3.8) is 0 Å². The van der Waals surface area contributed by atoms with Gasteiger partial charge in [0.25, 0.3) is 0 Å². The lowest BCUT2D eigenvalue weighted by molar-refractivity contribution is 0.468. The van der Waals surface area contributed by atoms with Crippen LogP contribution in [0.25, 0.3) is 0 Å². The number of hydrogen-bond acceptors (Lipinski definition) is 3. The highest BCUT2D eigenvalue weighted by Gasteiger charge is 1.91. The molecule has 52 valence electrons. The van der Waals surface area contributed by atoms with Crippen molar-refractivity contribution in [2.75, 3.05) is 0 Å². The molecule has 3 heteroatoms. The van der Waals surface area contributed by atoms with Crippen molar-refractivity contribution in [1.82, 2.24) is 9.97 Å². The van der Waals surface area contributed by atoms with Gasteiger partial charge in [0.2, 0.25) is 0 Å². The average molecular weight is 136 g/mol. The Balaban J connectivity index is 2.78. The van der Waals surface area contributed by atoms with E-state index in [1.165, 1.54) is 12.4 Å². The van der Waals surface area contributed by atoms with Gasteiger partial charge in [-0.3, -0.25) is 0 Å². The summed E-state index contributed by atoms with van der Waals surface area (Å²) in [5.41, 5.74) is 0. The highest BCUT2D eigenvalue weighted by atomic mass is 16.3. The van der Waals surface area contributed by atoms with Crippen LogP contribution in [0.3, 0.4) is 0 Å². The van der Waals surface area contributed by atoms with Crippen molar-refractivity contribution in [2.45, 2.75) is 6.42 Å². The summed E-state index contributed by atoms with van der Waals surface area (Å²) in [6, 6.07) is 0.